The van der Waals surface area contributed by atoms with E-state index in [2.05, 4.69) is 44.2 Å². The van der Waals surface area contributed by atoms with Crippen molar-refractivity contribution in [3.8, 4) is 0 Å². The molecule has 2 heteroatoms. The molecule has 0 bridgehead atoms. The quantitative estimate of drug-likeness (QED) is 0.709. The normalized spacial score (nSPS) is 11.4. The summed E-state index contributed by atoms with van der Waals surface area (Å²) >= 11 is 0. The lowest BCUT2D eigenvalue weighted by Crippen LogP contribution is -2.03. The van der Waals surface area contributed by atoms with Crippen LogP contribution in [0.1, 0.15) is 44.7 Å². The van der Waals surface area contributed by atoms with Crippen molar-refractivity contribution in [1.29, 1.82) is 0 Å². The maximum Gasteiger partial charge on any atom is 0.302 e. The van der Waals surface area contributed by atoms with E-state index in [0.717, 1.165) is 24.8 Å². The lowest BCUT2D eigenvalue weighted by Gasteiger charge is -2.07. The molecule has 0 aliphatic carbocycles. The average molecular weight is 246 g/mol. The largest absolute Gasteiger partial charge is 0.461 e. The Bertz CT molecular complexity index is 402. The molecule has 0 spiro atoms. The van der Waals surface area contributed by atoms with E-state index >= 15 is 0 Å². The number of esters is 1. The van der Waals surface area contributed by atoms with Crippen molar-refractivity contribution in [2.45, 2.75) is 40.0 Å². The Kier molecular flexibility index (Phi) is 6.20. The van der Waals surface area contributed by atoms with Crippen LogP contribution in [-0.4, -0.2) is 12.6 Å². The summed E-state index contributed by atoms with van der Waals surface area (Å²) in [5.74, 6) is -0.224. The Morgan fingerprint density at radius 2 is 1.89 bits per heavy atom. The van der Waals surface area contributed by atoms with Gasteiger partial charge in [0.05, 0.1) is 0 Å². The number of hydrogen-bond donors (Lipinski definition) is 0. The van der Waals surface area contributed by atoms with Gasteiger partial charge in [-0.3, -0.25) is 4.79 Å². The van der Waals surface area contributed by atoms with E-state index in [0.29, 0.717) is 6.61 Å². The van der Waals surface area contributed by atoms with Crippen molar-refractivity contribution in [1.82, 2.24) is 0 Å². The number of carbonyl (C=O) groups is 1. The van der Waals surface area contributed by atoms with E-state index in [1.807, 2.05) is 0 Å². The van der Waals surface area contributed by atoms with Gasteiger partial charge in [-0.25, -0.2) is 0 Å². The number of benzene rings is 1. The molecule has 2 nitrogen and oxygen atoms in total. The first-order valence-electron chi connectivity index (χ1n) is 6.57. The topological polar surface area (TPSA) is 26.3 Å². The van der Waals surface area contributed by atoms with Crippen molar-refractivity contribution >= 4 is 12.0 Å². The summed E-state index contributed by atoms with van der Waals surface area (Å²) in [5, 5.41) is 0. The van der Waals surface area contributed by atoms with Gasteiger partial charge in [0.2, 0.25) is 0 Å². The molecule has 0 amide bonds. The SMILES string of the molecule is CCCC(=Cc1ccc(CC)cc1)COC(C)=O. The number of aryl methyl sites for hydroxylation is 1. The van der Waals surface area contributed by atoms with Crippen LogP contribution in [0.25, 0.3) is 6.08 Å². The van der Waals surface area contributed by atoms with Crippen molar-refractivity contribution in [2.24, 2.45) is 0 Å². The molecule has 0 aromatic heterocycles. The second-order valence-electron chi connectivity index (χ2n) is 4.43. The molecule has 0 aliphatic heterocycles. The molecule has 0 heterocycles. The first-order chi connectivity index (χ1) is 8.65. The fraction of sp³-hybridized carbons (Fsp3) is 0.438. The second kappa shape index (κ2) is 7.70. The smallest absolute Gasteiger partial charge is 0.302 e. The lowest BCUT2D eigenvalue weighted by atomic mass is 10.1. The highest BCUT2D eigenvalue weighted by atomic mass is 16.5. The molecule has 0 radical (unpaired) electrons. The maximum absolute atomic E-state index is 10.8. The molecule has 0 saturated heterocycles. The molecule has 18 heavy (non-hydrogen) atoms. The van der Waals surface area contributed by atoms with Gasteiger partial charge in [-0.2, -0.15) is 0 Å². The van der Waals surface area contributed by atoms with Gasteiger partial charge in [0.15, 0.2) is 0 Å². The molecule has 1 rings (SSSR count). The Morgan fingerprint density at radius 3 is 2.39 bits per heavy atom. The van der Waals surface area contributed by atoms with Crippen LogP contribution in [0.4, 0.5) is 0 Å². The van der Waals surface area contributed by atoms with E-state index in [1.165, 1.54) is 18.1 Å². The van der Waals surface area contributed by atoms with Crippen LogP contribution in [0.2, 0.25) is 0 Å². The van der Waals surface area contributed by atoms with Crippen LogP contribution in [0.5, 0.6) is 0 Å². The molecule has 98 valence electrons. The van der Waals surface area contributed by atoms with Crippen molar-refractivity contribution < 1.29 is 9.53 Å². The van der Waals surface area contributed by atoms with E-state index in [1.54, 1.807) is 0 Å². The number of rotatable bonds is 6. The highest BCUT2D eigenvalue weighted by molar-refractivity contribution is 5.66. The third kappa shape index (κ3) is 5.17. The maximum atomic E-state index is 10.8. The van der Waals surface area contributed by atoms with Gasteiger partial charge >= 0.3 is 5.97 Å². The molecule has 0 aliphatic rings. The van der Waals surface area contributed by atoms with Gasteiger partial charge < -0.3 is 4.74 Å². The van der Waals surface area contributed by atoms with Gasteiger partial charge in [-0.05, 0) is 29.5 Å². The van der Waals surface area contributed by atoms with Crippen molar-refractivity contribution in [3.05, 3.63) is 41.0 Å². The highest BCUT2D eigenvalue weighted by Crippen LogP contribution is 2.13. The van der Waals surface area contributed by atoms with E-state index in [-0.39, 0.29) is 5.97 Å². The average Bonchev–Trinajstić information content (AvgIpc) is 2.37. The molecule has 1 aromatic rings. The van der Waals surface area contributed by atoms with Crippen LogP contribution in [0.3, 0.4) is 0 Å². The molecule has 1 aromatic carbocycles. The van der Waals surface area contributed by atoms with E-state index in [9.17, 15) is 4.79 Å². The Morgan fingerprint density at radius 1 is 1.22 bits per heavy atom. The summed E-state index contributed by atoms with van der Waals surface area (Å²) in [6, 6.07) is 8.51. The zero-order valence-corrected chi connectivity index (χ0v) is 11.5. The Labute approximate surface area is 110 Å². The third-order valence-corrected chi connectivity index (χ3v) is 2.79. The highest BCUT2D eigenvalue weighted by Gasteiger charge is 2.00. The van der Waals surface area contributed by atoms with Crippen LogP contribution < -0.4 is 0 Å². The molecule has 0 atom stereocenters. The molecule has 0 saturated carbocycles. The molecule has 0 fully saturated rings. The molecule has 0 N–H and O–H groups in total. The summed E-state index contributed by atoms with van der Waals surface area (Å²) in [4.78, 5) is 10.8. The van der Waals surface area contributed by atoms with Crippen LogP contribution in [-0.2, 0) is 16.0 Å². The standard InChI is InChI=1S/C16H22O2/c1-4-6-16(12-18-13(3)17)11-15-9-7-14(5-2)8-10-15/h7-11H,4-6,12H2,1-3H3. The zero-order chi connectivity index (χ0) is 13.4. The van der Waals surface area contributed by atoms with Gasteiger partial charge in [0.1, 0.15) is 6.61 Å². The molecular weight excluding hydrogens is 224 g/mol. The summed E-state index contributed by atoms with van der Waals surface area (Å²) in [5.41, 5.74) is 3.67. The predicted molar refractivity (Wildman–Crippen MR) is 75.3 cm³/mol. The fourth-order valence-electron chi connectivity index (χ4n) is 1.79. The second-order valence-corrected chi connectivity index (χ2v) is 4.43. The number of carbonyl (C=O) groups excluding carboxylic acids is 1. The van der Waals surface area contributed by atoms with Gasteiger partial charge in [-0.1, -0.05) is 50.6 Å². The first kappa shape index (κ1) is 14.5. The number of hydrogen-bond acceptors (Lipinski definition) is 2. The van der Waals surface area contributed by atoms with E-state index < -0.39 is 0 Å². The third-order valence-electron chi connectivity index (χ3n) is 2.79. The summed E-state index contributed by atoms with van der Waals surface area (Å²) in [6.45, 7) is 6.12. The Hall–Kier alpha value is -1.57. The zero-order valence-electron chi connectivity index (χ0n) is 11.5. The van der Waals surface area contributed by atoms with Crippen molar-refractivity contribution in [3.63, 3.8) is 0 Å². The van der Waals surface area contributed by atoms with Crippen LogP contribution in [0, 0.1) is 0 Å². The van der Waals surface area contributed by atoms with Crippen LogP contribution in [0.15, 0.2) is 29.8 Å². The fourth-order valence-corrected chi connectivity index (χ4v) is 1.79. The monoisotopic (exact) mass is 246 g/mol. The minimum atomic E-state index is -0.224. The van der Waals surface area contributed by atoms with Gasteiger partial charge in [0, 0.05) is 6.92 Å². The first-order valence-corrected chi connectivity index (χ1v) is 6.57. The molecular formula is C16H22O2. The predicted octanol–water partition coefficient (Wildman–Crippen LogP) is 4.00. The summed E-state index contributed by atoms with van der Waals surface area (Å²) < 4.78 is 5.07. The van der Waals surface area contributed by atoms with Crippen LogP contribution >= 0.6 is 0 Å². The molecule has 0 unspecified atom stereocenters. The minimum Gasteiger partial charge on any atom is -0.461 e. The summed E-state index contributed by atoms with van der Waals surface area (Å²) in [7, 11) is 0. The van der Waals surface area contributed by atoms with Crippen molar-refractivity contribution in [2.75, 3.05) is 6.61 Å². The summed E-state index contributed by atoms with van der Waals surface area (Å²) in [6.07, 6.45) is 5.19. The minimum absolute atomic E-state index is 0.224. The Balaban J connectivity index is 2.75. The van der Waals surface area contributed by atoms with Gasteiger partial charge in [0.25, 0.3) is 0 Å². The lowest BCUT2D eigenvalue weighted by molar-refractivity contribution is -0.140. The van der Waals surface area contributed by atoms with Gasteiger partial charge in [-0.15, -0.1) is 0 Å². The number of ether oxygens (including phenoxy) is 1. The van der Waals surface area contributed by atoms with E-state index in [4.69, 9.17) is 4.74 Å².